The van der Waals surface area contributed by atoms with E-state index in [2.05, 4.69) is 12.2 Å². The van der Waals surface area contributed by atoms with Gasteiger partial charge in [-0.25, -0.2) is 0 Å². The Morgan fingerprint density at radius 2 is 2.06 bits per heavy atom. The van der Waals surface area contributed by atoms with Gasteiger partial charge in [-0.3, -0.25) is 9.69 Å². The Hall–Kier alpha value is -0.770. The molecule has 0 atom stereocenters. The number of benzene rings is 1. The number of anilines is 1. The Bertz CT molecular complexity index is 410. The number of likely N-dealkylation sites (N-methyl/N-ethyl adjacent to an activating group) is 1. The van der Waals surface area contributed by atoms with Crippen LogP contribution in [0.1, 0.15) is 19.8 Å². The predicted molar refractivity (Wildman–Crippen MR) is 77.5 cm³/mol. The molecule has 1 aromatic carbocycles. The first-order chi connectivity index (χ1) is 8.52. The van der Waals surface area contributed by atoms with Gasteiger partial charge >= 0.3 is 0 Å². The largest absolute Gasteiger partial charge is 0.325 e. The third-order valence-electron chi connectivity index (χ3n) is 2.51. The molecule has 0 saturated heterocycles. The molecule has 0 unspecified atom stereocenters. The van der Waals surface area contributed by atoms with Crippen molar-refractivity contribution in [2.45, 2.75) is 19.8 Å². The molecular formula is C13H18Cl2N2O. The number of rotatable bonds is 6. The second-order valence-electron chi connectivity index (χ2n) is 4.27. The number of carbonyl (C=O) groups excluding carboxylic acids is 1. The van der Waals surface area contributed by atoms with E-state index < -0.39 is 0 Å². The van der Waals surface area contributed by atoms with Crippen molar-refractivity contribution in [3.8, 4) is 0 Å². The van der Waals surface area contributed by atoms with Gasteiger partial charge in [0.05, 0.1) is 16.6 Å². The summed E-state index contributed by atoms with van der Waals surface area (Å²) in [6.07, 6.45) is 2.22. The molecule has 1 aromatic rings. The van der Waals surface area contributed by atoms with Crippen LogP contribution in [0.4, 0.5) is 5.69 Å². The quantitative estimate of drug-likeness (QED) is 0.866. The van der Waals surface area contributed by atoms with E-state index in [1.807, 2.05) is 11.9 Å². The van der Waals surface area contributed by atoms with Crippen molar-refractivity contribution in [1.82, 2.24) is 4.90 Å². The van der Waals surface area contributed by atoms with Crippen molar-refractivity contribution >= 4 is 34.8 Å². The number of nitrogens with zero attached hydrogens (tertiary/aromatic N) is 1. The van der Waals surface area contributed by atoms with E-state index >= 15 is 0 Å². The van der Waals surface area contributed by atoms with E-state index in [0.29, 0.717) is 22.3 Å². The van der Waals surface area contributed by atoms with Gasteiger partial charge in [-0.1, -0.05) is 36.5 Å². The zero-order valence-electron chi connectivity index (χ0n) is 10.7. The first-order valence-electron chi connectivity index (χ1n) is 5.96. The normalized spacial score (nSPS) is 10.7. The summed E-state index contributed by atoms with van der Waals surface area (Å²) in [6.45, 7) is 3.43. The lowest BCUT2D eigenvalue weighted by Crippen LogP contribution is -2.30. The van der Waals surface area contributed by atoms with E-state index in [1.165, 1.54) is 0 Å². The molecule has 0 radical (unpaired) electrons. The number of amides is 1. The highest BCUT2D eigenvalue weighted by molar-refractivity contribution is 6.42. The molecule has 1 N–H and O–H groups in total. The highest BCUT2D eigenvalue weighted by atomic mass is 35.5. The molecule has 1 amide bonds. The Labute approximate surface area is 118 Å². The minimum atomic E-state index is -0.0491. The van der Waals surface area contributed by atoms with Gasteiger partial charge in [0.25, 0.3) is 0 Å². The lowest BCUT2D eigenvalue weighted by Gasteiger charge is -2.15. The molecule has 0 aliphatic carbocycles. The van der Waals surface area contributed by atoms with Crippen molar-refractivity contribution in [2.75, 3.05) is 25.5 Å². The number of hydrogen-bond acceptors (Lipinski definition) is 2. The number of carbonyl (C=O) groups is 1. The van der Waals surface area contributed by atoms with Gasteiger partial charge in [0.15, 0.2) is 0 Å². The molecule has 0 heterocycles. The van der Waals surface area contributed by atoms with Gasteiger partial charge < -0.3 is 5.32 Å². The summed E-state index contributed by atoms with van der Waals surface area (Å²) >= 11 is 11.7. The Balaban J connectivity index is 2.46. The van der Waals surface area contributed by atoms with Crippen LogP contribution in [-0.4, -0.2) is 30.9 Å². The molecule has 0 fully saturated rings. The van der Waals surface area contributed by atoms with Gasteiger partial charge in [0, 0.05) is 5.69 Å². The van der Waals surface area contributed by atoms with Gasteiger partial charge in [-0.05, 0) is 38.2 Å². The maximum absolute atomic E-state index is 11.8. The maximum atomic E-state index is 11.8. The van der Waals surface area contributed by atoms with Crippen LogP contribution in [0.25, 0.3) is 0 Å². The highest BCUT2D eigenvalue weighted by Gasteiger charge is 2.07. The van der Waals surface area contributed by atoms with E-state index in [1.54, 1.807) is 18.2 Å². The molecule has 0 saturated carbocycles. The first-order valence-corrected chi connectivity index (χ1v) is 6.72. The Morgan fingerprint density at radius 1 is 1.33 bits per heavy atom. The van der Waals surface area contributed by atoms with E-state index in [4.69, 9.17) is 23.2 Å². The van der Waals surface area contributed by atoms with Gasteiger partial charge in [0.1, 0.15) is 0 Å². The molecular weight excluding hydrogens is 271 g/mol. The molecule has 0 bridgehead atoms. The van der Waals surface area contributed by atoms with Crippen LogP contribution >= 0.6 is 23.2 Å². The van der Waals surface area contributed by atoms with Crippen LogP contribution in [0.3, 0.4) is 0 Å². The summed E-state index contributed by atoms with van der Waals surface area (Å²) < 4.78 is 0. The van der Waals surface area contributed by atoms with Crippen molar-refractivity contribution in [3.63, 3.8) is 0 Å². The summed E-state index contributed by atoms with van der Waals surface area (Å²) in [5.41, 5.74) is 0.665. The number of halogens is 2. The van der Waals surface area contributed by atoms with Crippen LogP contribution in [0, 0.1) is 0 Å². The molecule has 0 aliphatic rings. The third-order valence-corrected chi connectivity index (χ3v) is 3.25. The monoisotopic (exact) mass is 288 g/mol. The Kier molecular flexibility index (Phi) is 6.47. The lowest BCUT2D eigenvalue weighted by atomic mass is 10.3. The topological polar surface area (TPSA) is 32.3 Å². The molecule has 1 rings (SSSR count). The minimum absolute atomic E-state index is 0.0491. The molecule has 18 heavy (non-hydrogen) atoms. The Morgan fingerprint density at radius 3 is 2.67 bits per heavy atom. The number of nitrogens with one attached hydrogen (secondary N) is 1. The average molecular weight is 289 g/mol. The molecule has 0 aromatic heterocycles. The van der Waals surface area contributed by atoms with Crippen LogP contribution in [-0.2, 0) is 4.79 Å². The summed E-state index contributed by atoms with van der Waals surface area (Å²) in [5.74, 6) is -0.0491. The zero-order valence-corrected chi connectivity index (χ0v) is 12.2. The van der Waals surface area contributed by atoms with Gasteiger partial charge in [-0.15, -0.1) is 0 Å². The average Bonchev–Trinajstić information content (AvgIpc) is 2.31. The SMILES string of the molecule is CCCCN(C)CC(=O)Nc1ccc(Cl)c(Cl)c1. The lowest BCUT2D eigenvalue weighted by molar-refractivity contribution is -0.117. The van der Waals surface area contributed by atoms with Crippen LogP contribution in [0.5, 0.6) is 0 Å². The standard InChI is InChI=1S/C13H18Cl2N2O/c1-3-4-7-17(2)9-13(18)16-10-5-6-11(14)12(15)8-10/h5-6,8H,3-4,7,9H2,1-2H3,(H,16,18). The number of hydrogen-bond donors (Lipinski definition) is 1. The maximum Gasteiger partial charge on any atom is 0.238 e. The van der Waals surface area contributed by atoms with Crippen molar-refractivity contribution in [2.24, 2.45) is 0 Å². The van der Waals surface area contributed by atoms with E-state index in [9.17, 15) is 4.79 Å². The number of unbranched alkanes of at least 4 members (excludes halogenated alkanes) is 1. The molecule has 100 valence electrons. The predicted octanol–water partition coefficient (Wildman–Crippen LogP) is 3.66. The highest BCUT2D eigenvalue weighted by Crippen LogP contribution is 2.24. The fourth-order valence-electron chi connectivity index (χ4n) is 1.53. The zero-order chi connectivity index (χ0) is 13.5. The molecule has 0 spiro atoms. The summed E-state index contributed by atoms with van der Waals surface area (Å²) in [4.78, 5) is 13.7. The fourth-order valence-corrected chi connectivity index (χ4v) is 1.82. The van der Waals surface area contributed by atoms with Gasteiger partial charge in [0.2, 0.25) is 5.91 Å². The summed E-state index contributed by atoms with van der Waals surface area (Å²) in [6, 6.07) is 5.05. The minimum Gasteiger partial charge on any atom is -0.325 e. The smallest absolute Gasteiger partial charge is 0.238 e. The van der Waals surface area contributed by atoms with Crippen molar-refractivity contribution in [1.29, 1.82) is 0 Å². The second-order valence-corrected chi connectivity index (χ2v) is 5.08. The molecule has 3 nitrogen and oxygen atoms in total. The third kappa shape index (κ3) is 5.25. The molecule has 5 heteroatoms. The fraction of sp³-hybridized carbons (Fsp3) is 0.462. The van der Waals surface area contributed by atoms with Gasteiger partial charge in [-0.2, -0.15) is 0 Å². The van der Waals surface area contributed by atoms with Crippen LogP contribution in [0.2, 0.25) is 10.0 Å². The van der Waals surface area contributed by atoms with Crippen LogP contribution in [0.15, 0.2) is 18.2 Å². The molecule has 0 aliphatic heterocycles. The second kappa shape index (κ2) is 7.62. The van der Waals surface area contributed by atoms with E-state index in [0.717, 1.165) is 19.4 Å². The van der Waals surface area contributed by atoms with Crippen molar-refractivity contribution < 1.29 is 4.79 Å². The first kappa shape index (κ1) is 15.3. The summed E-state index contributed by atoms with van der Waals surface area (Å²) in [7, 11) is 1.93. The van der Waals surface area contributed by atoms with E-state index in [-0.39, 0.29) is 5.91 Å². The summed E-state index contributed by atoms with van der Waals surface area (Å²) in [5, 5.41) is 3.71. The van der Waals surface area contributed by atoms with Crippen molar-refractivity contribution in [3.05, 3.63) is 28.2 Å². The van der Waals surface area contributed by atoms with Crippen LogP contribution < -0.4 is 5.32 Å².